The predicted octanol–water partition coefficient (Wildman–Crippen LogP) is 2.62. The number of thioether (sulfide) groups is 1. The highest BCUT2D eigenvalue weighted by Crippen LogP contribution is 2.21. The van der Waals surface area contributed by atoms with Gasteiger partial charge in [0.25, 0.3) is 0 Å². The zero-order chi connectivity index (χ0) is 8.81. The molecule has 0 bridgehead atoms. The normalized spacial score (nSPS) is 10.3. The van der Waals surface area contributed by atoms with E-state index in [2.05, 4.69) is 4.98 Å². The molecule has 0 spiro atoms. The molecule has 0 fully saturated rings. The number of rotatable bonds is 3. The Morgan fingerprint density at radius 2 is 2.67 bits per heavy atom. The number of nitrogens with zero attached hydrogens (tertiary/aromatic N) is 2. The summed E-state index contributed by atoms with van der Waals surface area (Å²) in [4.78, 5) is 4.27. The van der Waals surface area contributed by atoms with Crippen molar-refractivity contribution in [1.29, 1.82) is 5.26 Å². The van der Waals surface area contributed by atoms with Crippen LogP contribution in [0.3, 0.4) is 0 Å². The van der Waals surface area contributed by atoms with Gasteiger partial charge in [0.2, 0.25) is 0 Å². The first kappa shape index (κ1) is 9.30. The van der Waals surface area contributed by atoms with Crippen molar-refractivity contribution in [3.05, 3.63) is 23.2 Å². The largest absolute Gasteiger partial charge is 0.235 e. The summed E-state index contributed by atoms with van der Waals surface area (Å²) < 4.78 is 1.06. The lowest BCUT2D eigenvalue weighted by Gasteiger charge is -1.87. The molecular formula is C8H8N2S2. The molecule has 0 aliphatic carbocycles. The minimum atomic E-state index is 0.820. The van der Waals surface area contributed by atoms with Crippen molar-refractivity contribution >= 4 is 23.1 Å². The fraction of sp³-hybridized carbons (Fsp3) is 0.250. The lowest BCUT2D eigenvalue weighted by atomic mass is 10.6. The fourth-order valence-corrected chi connectivity index (χ4v) is 2.30. The van der Waals surface area contributed by atoms with E-state index in [-0.39, 0.29) is 0 Å². The quantitative estimate of drug-likeness (QED) is 0.551. The molecular weight excluding hydrogens is 188 g/mol. The SMILES string of the molecule is Cc1csc(SC/C=C/C#N)n1. The van der Waals surface area contributed by atoms with E-state index in [0.717, 1.165) is 15.8 Å². The van der Waals surface area contributed by atoms with Crippen LogP contribution in [0.15, 0.2) is 21.9 Å². The Balaban J connectivity index is 2.34. The standard InChI is InChI=1S/C8H8N2S2/c1-7-6-12-8(10-7)11-5-3-2-4-9/h2-3,6H,5H2,1H3/b3-2+. The molecule has 1 aromatic rings. The van der Waals surface area contributed by atoms with Crippen LogP contribution in [0, 0.1) is 18.3 Å². The van der Waals surface area contributed by atoms with E-state index < -0.39 is 0 Å². The molecule has 0 radical (unpaired) electrons. The minimum Gasteiger partial charge on any atom is -0.235 e. The van der Waals surface area contributed by atoms with Crippen LogP contribution in [0.2, 0.25) is 0 Å². The number of hydrogen-bond donors (Lipinski definition) is 0. The first-order chi connectivity index (χ1) is 5.83. The lowest BCUT2D eigenvalue weighted by molar-refractivity contribution is 1.16. The van der Waals surface area contributed by atoms with Crippen molar-refractivity contribution in [2.45, 2.75) is 11.3 Å². The second kappa shape index (κ2) is 4.96. The molecule has 0 aliphatic heterocycles. The third-order valence-corrected chi connectivity index (χ3v) is 3.18. The van der Waals surface area contributed by atoms with Gasteiger partial charge >= 0.3 is 0 Å². The smallest absolute Gasteiger partial charge is 0.150 e. The maximum absolute atomic E-state index is 8.21. The Bertz CT molecular complexity index is 309. The van der Waals surface area contributed by atoms with Gasteiger partial charge in [-0.2, -0.15) is 5.26 Å². The van der Waals surface area contributed by atoms with E-state index in [1.807, 2.05) is 24.4 Å². The van der Waals surface area contributed by atoms with Crippen LogP contribution < -0.4 is 0 Å². The molecule has 0 N–H and O–H groups in total. The number of nitriles is 1. The van der Waals surface area contributed by atoms with Crippen LogP contribution in [0.5, 0.6) is 0 Å². The van der Waals surface area contributed by atoms with Gasteiger partial charge in [-0.1, -0.05) is 17.8 Å². The lowest BCUT2D eigenvalue weighted by Crippen LogP contribution is -1.72. The van der Waals surface area contributed by atoms with Crippen molar-refractivity contribution in [3.8, 4) is 6.07 Å². The fourth-order valence-electron chi connectivity index (χ4n) is 0.619. The summed E-state index contributed by atoms with van der Waals surface area (Å²) >= 11 is 3.29. The highest BCUT2D eigenvalue weighted by Gasteiger charge is 1.95. The third-order valence-electron chi connectivity index (χ3n) is 1.09. The van der Waals surface area contributed by atoms with Gasteiger partial charge in [-0.15, -0.1) is 11.3 Å². The summed E-state index contributed by atoms with van der Waals surface area (Å²) in [6, 6.07) is 1.95. The van der Waals surface area contributed by atoms with E-state index in [1.165, 1.54) is 6.08 Å². The van der Waals surface area contributed by atoms with Crippen molar-refractivity contribution < 1.29 is 0 Å². The Morgan fingerprint density at radius 3 is 3.25 bits per heavy atom. The molecule has 1 rings (SSSR count). The van der Waals surface area contributed by atoms with Gasteiger partial charge in [0.05, 0.1) is 6.07 Å². The van der Waals surface area contributed by atoms with Crippen molar-refractivity contribution in [3.63, 3.8) is 0 Å². The highest BCUT2D eigenvalue weighted by atomic mass is 32.2. The van der Waals surface area contributed by atoms with Crippen LogP contribution in [0.1, 0.15) is 5.69 Å². The van der Waals surface area contributed by atoms with Gasteiger partial charge in [0.15, 0.2) is 0 Å². The molecule has 0 amide bonds. The molecule has 0 saturated heterocycles. The molecule has 4 heteroatoms. The van der Waals surface area contributed by atoms with E-state index in [9.17, 15) is 0 Å². The van der Waals surface area contributed by atoms with Gasteiger partial charge in [-0.25, -0.2) is 4.98 Å². The predicted molar refractivity (Wildman–Crippen MR) is 52.3 cm³/mol. The Kier molecular flexibility index (Phi) is 3.85. The second-order valence-corrected chi connectivity index (χ2v) is 4.22. The summed E-state index contributed by atoms with van der Waals surface area (Å²) in [5.41, 5.74) is 1.06. The molecule has 0 saturated carbocycles. The maximum atomic E-state index is 8.21. The maximum Gasteiger partial charge on any atom is 0.150 e. The number of aromatic nitrogens is 1. The van der Waals surface area contributed by atoms with Crippen molar-refractivity contribution in [2.24, 2.45) is 0 Å². The number of aryl methyl sites for hydroxylation is 1. The molecule has 2 nitrogen and oxygen atoms in total. The van der Waals surface area contributed by atoms with E-state index in [0.29, 0.717) is 0 Å². The first-order valence-electron chi connectivity index (χ1n) is 3.42. The Morgan fingerprint density at radius 1 is 1.83 bits per heavy atom. The average molecular weight is 196 g/mol. The summed E-state index contributed by atoms with van der Waals surface area (Å²) in [5, 5.41) is 10.2. The van der Waals surface area contributed by atoms with Crippen LogP contribution in [0.25, 0.3) is 0 Å². The topological polar surface area (TPSA) is 36.7 Å². The summed E-state index contributed by atoms with van der Waals surface area (Å²) in [5.74, 6) is 0.820. The highest BCUT2D eigenvalue weighted by molar-refractivity contribution is 8.01. The zero-order valence-corrected chi connectivity index (χ0v) is 8.28. The van der Waals surface area contributed by atoms with Gasteiger partial charge in [0.1, 0.15) is 4.34 Å². The Labute approximate surface area is 79.9 Å². The number of hydrogen-bond acceptors (Lipinski definition) is 4. The zero-order valence-electron chi connectivity index (χ0n) is 6.65. The molecule has 0 unspecified atom stereocenters. The van der Waals surface area contributed by atoms with E-state index in [1.54, 1.807) is 23.1 Å². The summed E-state index contributed by atoms with van der Waals surface area (Å²) in [7, 11) is 0. The number of thiazole rings is 1. The molecule has 0 aliphatic rings. The van der Waals surface area contributed by atoms with Crippen molar-refractivity contribution in [2.75, 3.05) is 5.75 Å². The molecule has 62 valence electrons. The van der Waals surface area contributed by atoms with E-state index >= 15 is 0 Å². The monoisotopic (exact) mass is 196 g/mol. The van der Waals surface area contributed by atoms with Crippen LogP contribution in [-0.2, 0) is 0 Å². The van der Waals surface area contributed by atoms with Crippen LogP contribution >= 0.6 is 23.1 Å². The molecule has 12 heavy (non-hydrogen) atoms. The Hall–Kier alpha value is -0.790. The first-order valence-corrected chi connectivity index (χ1v) is 5.29. The summed E-state index contributed by atoms with van der Waals surface area (Å²) in [6.07, 6.45) is 3.33. The van der Waals surface area contributed by atoms with E-state index in [4.69, 9.17) is 5.26 Å². The molecule has 1 heterocycles. The second-order valence-electron chi connectivity index (χ2n) is 2.10. The third kappa shape index (κ3) is 3.07. The van der Waals surface area contributed by atoms with Gasteiger partial charge in [0, 0.05) is 22.9 Å². The molecule has 1 aromatic heterocycles. The average Bonchev–Trinajstić information content (AvgIpc) is 2.45. The van der Waals surface area contributed by atoms with Crippen LogP contribution in [0.4, 0.5) is 0 Å². The summed E-state index contributed by atoms with van der Waals surface area (Å²) in [6.45, 7) is 1.98. The minimum absolute atomic E-state index is 0.820. The van der Waals surface area contributed by atoms with Gasteiger partial charge in [-0.05, 0) is 6.92 Å². The molecule has 0 aromatic carbocycles. The molecule has 0 atom stereocenters. The van der Waals surface area contributed by atoms with Gasteiger partial charge < -0.3 is 0 Å². The van der Waals surface area contributed by atoms with Crippen LogP contribution in [-0.4, -0.2) is 10.7 Å². The van der Waals surface area contributed by atoms with Gasteiger partial charge in [-0.3, -0.25) is 0 Å². The number of allylic oxidation sites excluding steroid dienone is 1. The van der Waals surface area contributed by atoms with Crippen molar-refractivity contribution in [1.82, 2.24) is 4.98 Å².